The molecule has 0 aromatic rings. The Bertz CT molecular complexity index is 202. The van der Waals surface area contributed by atoms with Crippen LogP contribution in [0.15, 0.2) is 5.10 Å². The van der Waals surface area contributed by atoms with Crippen LogP contribution in [0.5, 0.6) is 0 Å². The van der Waals surface area contributed by atoms with Gasteiger partial charge in [0.2, 0.25) is 0 Å². The van der Waals surface area contributed by atoms with Crippen molar-refractivity contribution in [3.8, 4) is 0 Å². The molecule has 0 saturated heterocycles. The highest BCUT2D eigenvalue weighted by atomic mass is 16.4. The molecule has 0 amide bonds. The van der Waals surface area contributed by atoms with Gasteiger partial charge >= 0.3 is 0 Å². The summed E-state index contributed by atoms with van der Waals surface area (Å²) in [6.45, 7) is 2.24. The summed E-state index contributed by atoms with van der Waals surface area (Å²) in [5, 5.41) is 40.0. The van der Waals surface area contributed by atoms with Crippen molar-refractivity contribution in [3.63, 3.8) is 0 Å². The largest absolute Gasteiger partial charge is 0.394 e. The number of hydrogen-bond donors (Lipinski definition) is 5. The third-order valence-electron chi connectivity index (χ3n) is 2.39. The summed E-state index contributed by atoms with van der Waals surface area (Å²) in [6.07, 6.45) is 1.54. The number of aliphatic hydroxyl groups is 4. The zero-order valence-corrected chi connectivity index (χ0v) is 10.3. The lowest BCUT2D eigenvalue weighted by Crippen LogP contribution is -2.40. The van der Waals surface area contributed by atoms with Crippen LogP contribution in [0.4, 0.5) is 0 Å². The molecule has 0 bridgehead atoms. The molecule has 0 fully saturated rings. The molecule has 0 aliphatic carbocycles. The standard InChI is InChI=1S/C11H24N2O4/c1-2-3-4-5-6-12-13-7-9(15)11(17)10(16)8-14/h7,9-12,14-17H,2-6,8H2,1H3/b13-7-/t9-,10-,11+/m0/s1. The van der Waals surface area contributed by atoms with Crippen LogP contribution >= 0.6 is 0 Å². The van der Waals surface area contributed by atoms with Crippen molar-refractivity contribution in [1.82, 2.24) is 5.43 Å². The fourth-order valence-corrected chi connectivity index (χ4v) is 1.25. The van der Waals surface area contributed by atoms with Crippen LogP contribution < -0.4 is 5.43 Å². The van der Waals surface area contributed by atoms with E-state index in [1.54, 1.807) is 0 Å². The Labute approximate surface area is 102 Å². The van der Waals surface area contributed by atoms with Crippen LogP contribution in [0, 0.1) is 0 Å². The first kappa shape index (κ1) is 16.3. The minimum Gasteiger partial charge on any atom is -0.394 e. The van der Waals surface area contributed by atoms with Gasteiger partial charge in [0.05, 0.1) is 12.8 Å². The maximum absolute atomic E-state index is 9.35. The highest BCUT2D eigenvalue weighted by Crippen LogP contribution is 1.98. The molecule has 17 heavy (non-hydrogen) atoms. The molecule has 0 aromatic carbocycles. The molecule has 6 heteroatoms. The lowest BCUT2D eigenvalue weighted by atomic mass is 10.1. The summed E-state index contributed by atoms with van der Waals surface area (Å²) in [6, 6.07) is 0. The van der Waals surface area contributed by atoms with Crippen molar-refractivity contribution < 1.29 is 20.4 Å². The number of hydrazone groups is 1. The van der Waals surface area contributed by atoms with Crippen LogP contribution in [-0.4, -0.2) is 58.1 Å². The number of nitrogens with one attached hydrogen (secondary N) is 1. The van der Waals surface area contributed by atoms with E-state index in [4.69, 9.17) is 10.2 Å². The molecule has 0 spiro atoms. The summed E-state index contributed by atoms with van der Waals surface area (Å²) < 4.78 is 0. The first-order valence-corrected chi connectivity index (χ1v) is 6.04. The molecular weight excluding hydrogens is 224 g/mol. The SMILES string of the molecule is CCCCCCN/N=C\[C@H](O)[C@@H](O)[C@@H](O)CO. The topological polar surface area (TPSA) is 105 Å². The Balaban J connectivity index is 3.62. The Morgan fingerprint density at radius 2 is 1.88 bits per heavy atom. The Morgan fingerprint density at radius 3 is 2.47 bits per heavy atom. The lowest BCUT2D eigenvalue weighted by molar-refractivity contribution is -0.0542. The summed E-state index contributed by atoms with van der Waals surface area (Å²) >= 11 is 0. The molecule has 6 nitrogen and oxygen atoms in total. The molecule has 0 radical (unpaired) electrons. The van der Waals surface area contributed by atoms with Gasteiger partial charge in [-0.3, -0.25) is 0 Å². The normalized spacial score (nSPS) is 17.0. The number of unbranched alkanes of at least 4 members (excludes halogenated alkanes) is 3. The number of nitrogens with zero attached hydrogens (tertiary/aromatic N) is 1. The Morgan fingerprint density at radius 1 is 1.18 bits per heavy atom. The average molecular weight is 248 g/mol. The second kappa shape index (κ2) is 10.5. The first-order chi connectivity index (χ1) is 8.13. The Kier molecular flexibility index (Phi) is 10.0. The molecule has 0 rings (SSSR count). The lowest BCUT2D eigenvalue weighted by Gasteiger charge is -2.18. The second-order valence-electron chi connectivity index (χ2n) is 3.98. The molecule has 0 heterocycles. The molecule has 0 aliphatic heterocycles. The average Bonchev–Trinajstić information content (AvgIpc) is 2.35. The second-order valence-corrected chi connectivity index (χ2v) is 3.98. The van der Waals surface area contributed by atoms with Crippen molar-refractivity contribution in [3.05, 3.63) is 0 Å². The highest BCUT2D eigenvalue weighted by molar-refractivity contribution is 5.63. The first-order valence-electron chi connectivity index (χ1n) is 6.04. The van der Waals surface area contributed by atoms with Gasteiger partial charge in [-0.1, -0.05) is 26.2 Å². The van der Waals surface area contributed by atoms with Crippen molar-refractivity contribution >= 4 is 6.21 Å². The van der Waals surface area contributed by atoms with Crippen molar-refractivity contribution in [2.24, 2.45) is 5.10 Å². The zero-order chi connectivity index (χ0) is 13.1. The molecule has 0 aromatic heterocycles. The van der Waals surface area contributed by atoms with Gasteiger partial charge in [-0.15, -0.1) is 0 Å². The molecule has 0 saturated carbocycles. The molecule has 5 N–H and O–H groups in total. The van der Waals surface area contributed by atoms with Crippen molar-refractivity contribution in [1.29, 1.82) is 0 Å². The van der Waals surface area contributed by atoms with E-state index in [0.717, 1.165) is 19.1 Å². The van der Waals surface area contributed by atoms with Gasteiger partial charge in [-0.2, -0.15) is 5.10 Å². The summed E-state index contributed by atoms with van der Waals surface area (Å²) in [5.74, 6) is 0. The quantitative estimate of drug-likeness (QED) is 0.198. The Hall–Kier alpha value is -0.690. The van der Waals surface area contributed by atoms with E-state index in [0.29, 0.717) is 6.54 Å². The van der Waals surface area contributed by atoms with Gasteiger partial charge in [0.1, 0.15) is 18.3 Å². The van der Waals surface area contributed by atoms with Gasteiger partial charge in [-0.25, -0.2) is 0 Å². The van der Waals surface area contributed by atoms with Crippen LogP contribution in [0.25, 0.3) is 0 Å². The molecule has 0 aliphatic rings. The monoisotopic (exact) mass is 248 g/mol. The van der Waals surface area contributed by atoms with Gasteiger partial charge in [-0.05, 0) is 6.42 Å². The predicted octanol–water partition coefficient (Wildman–Crippen LogP) is -0.783. The van der Waals surface area contributed by atoms with Crippen LogP contribution in [0.2, 0.25) is 0 Å². The summed E-state index contributed by atoms with van der Waals surface area (Å²) in [7, 11) is 0. The van der Waals surface area contributed by atoms with Crippen LogP contribution in [0.3, 0.4) is 0 Å². The predicted molar refractivity (Wildman–Crippen MR) is 65.7 cm³/mol. The molecule has 0 unspecified atom stereocenters. The number of rotatable bonds is 10. The van der Waals surface area contributed by atoms with Gasteiger partial charge in [0, 0.05) is 6.54 Å². The number of hydrogen-bond acceptors (Lipinski definition) is 6. The van der Waals surface area contributed by atoms with Gasteiger partial charge in [0.25, 0.3) is 0 Å². The summed E-state index contributed by atoms with van der Waals surface area (Å²) in [4.78, 5) is 0. The zero-order valence-electron chi connectivity index (χ0n) is 10.3. The van der Waals surface area contributed by atoms with E-state index in [2.05, 4.69) is 17.5 Å². The minimum atomic E-state index is -1.43. The van der Waals surface area contributed by atoms with E-state index in [1.165, 1.54) is 12.8 Å². The van der Waals surface area contributed by atoms with Gasteiger partial charge < -0.3 is 25.9 Å². The van der Waals surface area contributed by atoms with Crippen LogP contribution in [-0.2, 0) is 0 Å². The van der Waals surface area contributed by atoms with Gasteiger partial charge in [0.15, 0.2) is 0 Å². The highest BCUT2D eigenvalue weighted by Gasteiger charge is 2.22. The van der Waals surface area contributed by atoms with Crippen molar-refractivity contribution in [2.75, 3.05) is 13.2 Å². The van der Waals surface area contributed by atoms with E-state index in [9.17, 15) is 10.2 Å². The third kappa shape index (κ3) is 8.09. The molecule has 3 atom stereocenters. The smallest absolute Gasteiger partial charge is 0.119 e. The summed E-state index contributed by atoms with van der Waals surface area (Å²) in [5.41, 5.74) is 2.74. The van der Waals surface area contributed by atoms with E-state index in [1.807, 2.05) is 0 Å². The fourth-order valence-electron chi connectivity index (χ4n) is 1.25. The van der Waals surface area contributed by atoms with Crippen molar-refractivity contribution in [2.45, 2.75) is 50.9 Å². The van der Waals surface area contributed by atoms with E-state index in [-0.39, 0.29) is 0 Å². The third-order valence-corrected chi connectivity index (χ3v) is 2.39. The molecular formula is C11H24N2O4. The minimum absolute atomic E-state index is 0.601. The maximum atomic E-state index is 9.35. The van der Waals surface area contributed by atoms with E-state index >= 15 is 0 Å². The molecule has 102 valence electrons. The van der Waals surface area contributed by atoms with E-state index < -0.39 is 24.9 Å². The maximum Gasteiger partial charge on any atom is 0.119 e. The van der Waals surface area contributed by atoms with Crippen LogP contribution in [0.1, 0.15) is 32.6 Å². The number of aliphatic hydroxyl groups excluding tert-OH is 4. The fraction of sp³-hybridized carbons (Fsp3) is 0.909.